The van der Waals surface area contributed by atoms with Crippen molar-refractivity contribution in [2.45, 2.75) is 13.5 Å². The largest absolute Gasteiger partial charge is 0.489 e. The molecule has 0 aliphatic carbocycles. The third-order valence-electron chi connectivity index (χ3n) is 2.65. The van der Waals surface area contributed by atoms with Crippen LogP contribution < -0.4 is 4.74 Å². The molecule has 0 bridgehead atoms. The molecule has 0 heterocycles. The van der Waals surface area contributed by atoms with Gasteiger partial charge in [-0.3, -0.25) is 5.41 Å². The van der Waals surface area contributed by atoms with E-state index in [0.717, 1.165) is 16.9 Å². The second-order valence-corrected chi connectivity index (χ2v) is 4.06. The van der Waals surface area contributed by atoms with Crippen LogP contribution in [0.5, 0.6) is 5.75 Å². The Bertz CT molecular complexity index is 526. The summed E-state index contributed by atoms with van der Waals surface area (Å²) in [5, 5.41) is 7.67. The van der Waals surface area contributed by atoms with Crippen LogP contribution in [0.1, 0.15) is 18.1 Å². The highest BCUT2D eigenvalue weighted by Crippen LogP contribution is 2.14. The fourth-order valence-electron chi connectivity index (χ4n) is 1.67. The van der Waals surface area contributed by atoms with E-state index in [-0.39, 0.29) is 18.3 Å². The first-order chi connectivity index (χ1) is 9.29. The van der Waals surface area contributed by atoms with Crippen molar-refractivity contribution < 1.29 is 9.47 Å². The van der Waals surface area contributed by atoms with Gasteiger partial charge in [-0.15, -0.1) is 12.4 Å². The molecule has 0 spiro atoms. The Morgan fingerprint density at radius 2 is 1.65 bits per heavy atom. The van der Waals surface area contributed by atoms with Crippen molar-refractivity contribution in [3.8, 4) is 5.75 Å². The van der Waals surface area contributed by atoms with Crippen molar-refractivity contribution in [3.63, 3.8) is 0 Å². The van der Waals surface area contributed by atoms with Crippen molar-refractivity contribution >= 4 is 18.3 Å². The van der Waals surface area contributed by atoms with Crippen LogP contribution in [0.25, 0.3) is 0 Å². The van der Waals surface area contributed by atoms with Crippen molar-refractivity contribution in [1.82, 2.24) is 0 Å². The summed E-state index contributed by atoms with van der Waals surface area (Å²) in [5.41, 5.74) is 1.89. The molecule has 106 valence electrons. The maximum Gasteiger partial charge on any atom is 0.213 e. The zero-order valence-corrected chi connectivity index (χ0v) is 12.2. The molecule has 0 fully saturated rings. The summed E-state index contributed by atoms with van der Waals surface area (Å²) >= 11 is 0. The first-order valence-electron chi connectivity index (χ1n) is 6.28. The van der Waals surface area contributed by atoms with E-state index in [1.807, 2.05) is 61.5 Å². The van der Waals surface area contributed by atoms with E-state index < -0.39 is 0 Å². The van der Waals surface area contributed by atoms with Gasteiger partial charge in [0.2, 0.25) is 5.90 Å². The van der Waals surface area contributed by atoms with Crippen LogP contribution in [-0.4, -0.2) is 12.5 Å². The van der Waals surface area contributed by atoms with Gasteiger partial charge < -0.3 is 9.47 Å². The summed E-state index contributed by atoms with van der Waals surface area (Å²) < 4.78 is 10.8. The Morgan fingerprint density at radius 1 is 1.00 bits per heavy atom. The first kappa shape index (κ1) is 16.1. The molecule has 0 aliphatic rings. The van der Waals surface area contributed by atoms with Gasteiger partial charge in [0.1, 0.15) is 12.4 Å². The number of hydrogen-bond donors (Lipinski definition) is 1. The van der Waals surface area contributed by atoms with Gasteiger partial charge in [-0.05, 0) is 36.8 Å². The zero-order chi connectivity index (χ0) is 13.5. The molecular formula is C16H18ClNO2. The molecule has 0 radical (unpaired) electrons. The molecule has 0 saturated carbocycles. The lowest BCUT2D eigenvalue weighted by atomic mass is 10.2. The Kier molecular flexibility index (Phi) is 6.60. The Hall–Kier alpha value is -2.00. The van der Waals surface area contributed by atoms with Crippen molar-refractivity contribution in [3.05, 3.63) is 65.7 Å². The maximum absolute atomic E-state index is 7.67. The minimum atomic E-state index is 0. The van der Waals surface area contributed by atoms with Crippen LogP contribution in [-0.2, 0) is 11.3 Å². The molecule has 0 amide bonds. The number of ether oxygens (including phenoxy) is 2. The molecule has 3 nitrogen and oxygen atoms in total. The molecule has 2 aromatic carbocycles. The van der Waals surface area contributed by atoms with E-state index in [4.69, 9.17) is 14.9 Å². The lowest BCUT2D eigenvalue weighted by Crippen LogP contribution is -2.04. The predicted molar refractivity (Wildman–Crippen MR) is 82.9 cm³/mol. The van der Waals surface area contributed by atoms with Gasteiger partial charge in [-0.1, -0.05) is 30.3 Å². The highest BCUT2D eigenvalue weighted by molar-refractivity contribution is 5.91. The molecule has 0 unspecified atom stereocenters. The predicted octanol–water partition coefficient (Wildman–Crippen LogP) is 4.05. The lowest BCUT2D eigenvalue weighted by molar-refractivity contribution is 0.306. The summed E-state index contributed by atoms with van der Waals surface area (Å²) in [4.78, 5) is 0. The molecule has 0 aromatic heterocycles. The van der Waals surface area contributed by atoms with E-state index in [0.29, 0.717) is 13.2 Å². The highest BCUT2D eigenvalue weighted by Gasteiger charge is 2.02. The summed E-state index contributed by atoms with van der Waals surface area (Å²) in [7, 11) is 0. The van der Waals surface area contributed by atoms with Crippen LogP contribution in [0.3, 0.4) is 0 Å². The van der Waals surface area contributed by atoms with Gasteiger partial charge in [-0.25, -0.2) is 0 Å². The van der Waals surface area contributed by atoms with Crippen molar-refractivity contribution in [2.24, 2.45) is 0 Å². The van der Waals surface area contributed by atoms with Gasteiger partial charge in [0.25, 0.3) is 0 Å². The molecule has 2 aromatic rings. The van der Waals surface area contributed by atoms with Crippen LogP contribution in [0, 0.1) is 5.41 Å². The molecule has 0 aliphatic heterocycles. The molecule has 1 N–H and O–H groups in total. The molecule has 0 saturated heterocycles. The Balaban J connectivity index is 0.00000200. The fourth-order valence-corrected chi connectivity index (χ4v) is 1.67. The maximum atomic E-state index is 7.67. The molecule has 0 atom stereocenters. The summed E-state index contributed by atoms with van der Waals surface area (Å²) in [6.07, 6.45) is 0. The molecule has 20 heavy (non-hydrogen) atoms. The number of halogens is 1. The number of nitrogens with one attached hydrogen (secondary N) is 1. The monoisotopic (exact) mass is 291 g/mol. The van der Waals surface area contributed by atoms with Gasteiger partial charge >= 0.3 is 0 Å². The van der Waals surface area contributed by atoms with Crippen molar-refractivity contribution in [2.75, 3.05) is 6.61 Å². The van der Waals surface area contributed by atoms with E-state index in [2.05, 4.69) is 0 Å². The lowest BCUT2D eigenvalue weighted by Gasteiger charge is -2.08. The van der Waals surface area contributed by atoms with Gasteiger partial charge in [0, 0.05) is 5.56 Å². The topological polar surface area (TPSA) is 42.3 Å². The Morgan fingerprint density at radius 3 is 2.25 bits per heavy atom. The van der Waals surface area contributed by atoms with Crippen LogP contribution in [0.2, 0.25) is 0 Å². The standard InChI is InChI=1S/C16H17NO2.ClH/c1-2-18-16(17)14-8-10-15(11-9-14)19-12-13-6-4-3-5-7-13;/h3-11,17H,2,12H2,1H3;1H. The van der Waals surface area contributed by atoms with E-state index in [1.54, 1.807) is 0 Å². The average Bonchev–Trinajstić information content (AvgIpc) is 2.47. The minimum Gasteiger partial charge on any atom is -0.489 e. The fraction of sp³-hybridized carbons (Fsp3) is 0.188. The first-order valence-corrected chi connectivity index (χ1v) is 6.28. The normalized spacial score (nSPS) is 9.45. The second-order valence-electron chi connectivity index (χ2n) is 4.06. The van der Waals surface area contributed by atoms with E-state index >= 15 is 0 Å². The van der Waals surface area contributed by atoms with Gasteiger partial charge in [0.15, 0.2) is 0 Å². The van der Waals surface area contributed by atoms with Gasteiger partial charge in [0.05, 0.1) is 6.61 Å². The molecule has 4 heteroatoms. The highest BCUT2D eigenvalue weighted by atomic mass is 35.5. The number of benzene rings is 2. The van der Waals surface area contributed by atoms with Crippen molar-refractivity contribution in [1.29, 1.82) is 5.41 Å². The third kappa shape index (κ3) is 4.59. The van der Waals surface area contributed by atoms with Crippen LogP contribution in [0.4, 0.5) is 0 Å². The molecular weight excluding hydrogens is 274 g/mol. The summed E-state index contributed by atoms with van der Waals surface area (Å²) in [6, 6.07) is 17.4. The van der Waals surface area contributed by atoms with Crippen LogP contribution >= 0.6 is 12.4 Å². The smallest absolute Gasteiger partial charge is 0.213 e. The van der Waals surface area contributed by atoms with Crippen LogP contribution in [0.15, 0.2) is 54.6 Å². The number of rotatable bonds is 5. The SMILES string of the molecule is CCOC(=N)c1ccc(OCc2ccccc2)cc1.Cl. The quantitative estimate of drug-likeness (QED) is 0.667. The number of hydrogen-bond acceptors (Lipinski definition) is 3. The second kappa shape index (κ2) is 8.23. The zero-order valence-electron chi connectivity index (χ0n) is 11.3. The molecule has 2 rings (SSSR count). The Labute approximate surface area is 125 Å². The summed E-state index contributed by atoms with van der Waals surface area (Å²) in [6.45, 7) is 2.92. The summed E-state index contributed by atoms with van der Waals surface area (Å²) in [5.74, 6) is 0.981. The average molecular weight is 292 g/mol. The third-order valence-corrected chi connectivity index (χ3v) is 2.65. The van der Waals surface area contributed by atoms with E-state index in [9.17, 15) is 0 Å². The minimum absolute atomic E-state index is 0. The van der Waals surface area contributed by atoms with E-state index in [1.165, 1.54) is 0 Å². The van der Waals surface area contributed by atoms with Gasteiger partial charge in [-0.2, -0.15) is 0 Å².